The minimum atomic E-state index is 0.226. The molecule has 0 bridgehead atoms. The topological polar surface area (TPSA) is 56.1 Å². The minimum Gasteiger partial charge on any atom is -0.385 e. The predicted octanol–water partition coefficient (Wildman–Crippen LogP) is 3.84. The van der Waals surface area contributed by atoms with Gasteiger partial charge in [0.25, 0.3) is 0 Å². The number of likely N-dealkylation sites (tertiary alicyclic amines) is 1. The highest BCUT2D eigenvalue weighted by molar-refractivity contribution is 5.76. The molecule has 2 aromatic carbocycles. The van der Waals surface area contributed by atoms with Crippen LogP contribution in [0.1, 0.15) is 30.4 Å². The van der Waals surface area contributed by atoms with Crippen LogP contribution in [0.4, 0.5) is 5.69 Å². The predicted molar refractivity (Wildman–Crippen MR) is 104 cm³/mol. The number of anilines is 1. The van der Waals surface area contributed by atoms with Crippen molar-refractivity contribution >= 4 is 11.6 Å². The van der Waals surface area contributed by atoms with Crippen molar-refractivity contribution in [3.63, 3.8) is 0 Å². The van der Waals surface area contributed by atoms with Crippen molar-refractivity contribution < 1.29 is 4.79 Å². The molecule has 1 N–H and O–H groups in total. The van der Waals surface area contributed by atoms with Crippen LogP contribution in [0.15, 0.2) is 54.6 Å². The van der Waals surface area contributed by atoms with Crippen LogP contribution in [0.25, 0.3) is 0 Å². The van der Waals surface area contributed by atoms with E-state index in [-0.39, 0.29) is 5.91 Å². The van der Waals surface area contributed by atoms with E-state index in [4.69, 9.17) is 5.26 Å². The Kier molecular flexibility index (Phi) is 6.27. The molecule has 0 unspecified atom stereocenters. The summed E-state index contributed by atoms with van der Waals surface area (Å²) in [6, 6.07) is 20.0. The Morgan fingerprint density at radius 3 is 2.42 bits per heavy atom. The van der Waals surface area contributed by atoms with E-state index in [0.29, 0.717) is 24.4 Å². The van der Waals surface area contributed by atoms with Crippen molar-refractivity contribution in [2.24, 2.45) is 5.92 Å². The number of carbonyl (C=O) groups excluding carboxylic acids is 1. The van der Waals surface area contributed by atoms with Crippen LogP contribution in [0.5, 0.6) is 0 Å². The van der Waals surface area contributed by atoms with Crippen LogP contribution in [0, 0.1) is 17.2 Å². The van der Waals surface area contributed by atoms with Gasteiger partial charge >= 0.3 is 0 Å². The molecule has 0 atom stereocenters. The second-order valence-corrected chi connectivity index (χ2v) is 6.88. The highest BCUT2D eigenvalue weighted by Crippen LogP contribution is 2.22. The minimum absolute atomic E-state index is 0.226. The lowest BCUT2D eigenvalue weighted by Gasteiger charge is -2.32. The smallest absolute Gasteiger partial charge is 0.224 e. The molecule has 3 rings (SSSR count). The molecule has 0 saturated carbocycles. The molecule has 1 fully saturated rings. The van der Waals surface area contributed by atoms with E-state index < -0.39 is 0 Å². The van der Waals surface area contributed by atoms with E-state index >= 15 is 0 Å². The van der Waals surface area contributed by atoms with Crippen LogP contribution in [0.3, 0.4) is 0 Å². The van der Waals surface area contributed by atoms with Gasteiger partial charge in [0.05, 0.1) is 11.6 Å². The molecular weight excluding hydrogens is 322 g/mol. The molecule has 4 heteroatoms. The van der Waals surface area contributed by atoms with E-state index in [2.05, 4.69) is 41.7 Å². The van der Waals surface area contributed by atoms with Crippen molar-refractivity contribution in [1.29, 1.82) is 5.26 Å². The summed E-state index contributed by atoms with van der Waals surface area (Å²) in [5, 5.41) is 12.1. The van der Waals surface area contributed by atoms with Crippen LogP contribution in [-0.4, -0.2) is 30.4 Å². The Morgan fingerprint density at radius 1 is 1.08 bits per heavy atom. The molecule has 0 radical (unpaired) electrons. The maximum Gasteiger partial charge on any atom is 0.224 e. The fraction of sp³-hybridized carbons (Fsp3) is 0.364. The number of hydrogen-bond donors (Lipinski definition) is 1. The van der Waals surface area contributed by atoms with Crippen LogP contribution < -0.4 is 5.32 Å². The van der Waals surface area contributed by atoms with Crippen molar-refractivity contribution in [2.45, 2.75) is 25.7 Å². The monoisotopic (exact) mass is 347 g/mol. The van der Waals surface area contributed by atoms with Gasteiger partial charge in [-0.05, 0) is 55.0 Å². The highest BCUT2D eigenvalue weighted by Gasteiger charge is 2.22. The van der Waals surface area contributed by atoms with Crippen molar-refractivity contribution in [3.05, 3.63) is 65.7 Å². The average molecular weight is 347 g/mol. The summed E-state index contributed by atoms with van der Waals surface area (Å²) in [6.07, 6.45) is 3.79. The zero-order chi connectivity index (χ0) is 18.2. The van der Waals surface area contributed by atoms with Gasteiger partial charge in [-0.2, -0.15) is 5.26 Å². The van der Waals surface area contributed by atoms with Gasteiger partial charge < -0.3 is 10.2 Å². The third-order valence-electron chi connectivity index (χ3n) is 5.02. The quantitative estimate of drug-likeness (QED) is 0.864. The molecule has 2 aromatic rings. The number of rotatable bonds is 6. The molecule has 0 aromatic heterocycles. The van der Waals surface area contributed by atoms with Gasteiger partial charge in [0.2, 0.25) is 5.91 Å². The fourth-order valence-corrected chi connectivity index (χ4v) is 3.47. The fourth-order valence-electron chi connectivity index (χ4n) is 3.47. The van der Waals surface area contributed by atoms with E-state index in [0.717, 1.165) is 38.0 Å². The van der Waals surface area contributed by atoms with Gasteiger partial charge in [0, 0.05) is 31.7 Å². The van der Waals surface area contributed by atoms with Crippen LogP contribution in [0.2, 0.25) is 0 Å². The molecule has 1 saturated heterocycles. The van der Waals surface area contributed by atoms with Gasteiger partial charge in [0.15, 0.2) is 0 Å². The van der Waals surface area contributed by atoms with E-state index in [9.17, 15) is 4.79 Å². The number of benzene rings is 2. The Hall–Kier alpha value is -2.80. The number of nitrogens with one attached hydrogen (secondary N) is 1. The van der Waals surface area contributed by atoms with Crippen LogP contribution in [-0.2, 0) is 11.2 Å². The second kappa shape index (κ2) is 9.05. The number of amides is 1. The van der Waals surface area contributed by atoms with E-state index in [1.54, 1.807) is 12.1 Å². The largest absolute Gasteiger partial charge is 0.385 e. The molecule has 0 spiro atoms. The van der Waals surface area contributed by atoms with Crippen molar-refractivity contribution in [2.75, 3.05) is 25.0 Å². The Bertz CT molecular complexity index is 741. The second-order valence-electron chi connectivity index (χ2n) is 6.88. The molecule has 1 heterocycles. The molecule has 26 heavy (non-hydrogen) atoms. The zero-order valence-electron chi connectivity index (χ0n) is 15.0. The maximum atomic E-state index is 12.4. The Balaban J connectivity index is 1.37. The lowest BCUT2D eigenvalue weighted by Crippen LogP contribution is -2.39. The summed E-state index contributed by atoms with van der Waals surface area (Å²) in [6.45, 7) is 2.36. The number of nitrogens with zero attached hydrogens (tertiary/aromatic N) is 2. The molecule has 134 valence electrons. The SMILES string of the molecule is N#Cc1ccc(NCCC(=O)N2CCC(Cc3ccccc3)CC2)cc1. The molecule has 1 aliphatic rings. The Morgan fingerprint density at radius 2 is 1.77 bits per heavy atom. The summed E-state index contributed by atoms with van der Waals surface area (Å²) >= 11 is 0. The lowest BCUT2D eigenvalue weighted by molar-refractivity contribution is -0.132. The first kappa shape index (κ1) is 18.0. The standard InChI is InChI=1S/C22H25N3O/c23-17-20-6-8-21(9-7-20)24-13-10-22(26)25-14-11-19(12-15-25)16-18-4-2-1-3-5-18/h1-9,19,24H,10-16H2. The normalized spacial score (nSPS) is 14.7. The average Bonchev–Trinajstić information content (AvgIpc) is 2.70. The number of piperidine rings is 1. The number of hydrogen-bond acceptors (Lipinski definition) is 3. The van der Waals surface area contributed by atoms with Gasteiger partial charge in [-0.15, -0.1) is 0 Å². The summed E-state index contributed by atoms with van der Waals surface area (Å²) in [5.74, 6) is 0.905. The molecule has 0 aliphatic carbocycles. The molecule has 1 aliphatic heterocycles. The third kappa shape index (κ3) is 5.10. The Labute approximate surface area is 155 Å². The maximum absolute atomic E-state index is 12.4. The highest BCUT2D eigenvalue weighted by atomic mass is 16.2. The summed E-state index contributed by atoms with van der Waals surface area (Å²) < 4.78 is 0. The number of carbonyl (C=O) groups is 1. The van der Waals surface area contributed by atoms with Gasteiger partial charge in [-0.25, -0.2) is 0 Å². The van der Waals surface area contributed by atoms with Crippen molar-refractivity contribution in [3.8, 4) is 6.07 Å². The number of nitriles is 1. The van der Waals surface area contributed by atoms with E-state index in [1.807, 2.05) is 17.0 Å². The molecule has 4 nitrogen and oxygen atoms in total. The zero-order valence-corrected chi connectivity index (χ0v) is 15.0. The van der Waals surface area contributed by atoms with Crippen molar-refractivity contribution in [1.82, 2.24) is 4.90 Å². The van der Waals surface area contributed by atoms with E-state index in [1.165, 1.54) is 5.56 Å². The first-order valence-corrected chi connectivity index (χ1v) is 9.30. The molecule has 1 amide bonds. The van der Waals surface area contributed by atoms with Gasteiger partial charge in [-0.3, -0.25) is 4.79 Å². The first-order chi connectivity index (χ1) is 12.7. The van der Waals surface area contributed by atoms with Crippen LogP contribution >= 0.6 is 0 Å². The lowest BCUT2D eigenvalue weighted by atomic mass is 9.90. The summed E-state index contributed by atoms with van der Waals surface area (Å²) in [4.78, 5) is 14.4. The third-order valence-corrected chi connectivity index (χ3v) is 5.02. The van der Waals surface area contributed by atoms with Gasteiger partial charge in [-0.1, -0.05) is 30.3 Å². The summed E-state index contributed by atoms with van der Waals surface area (Å²) in [7, 11) is 0. The van der Waals surface area contributed by atoms with Gasteiger partial charge in [0.1, 0.15) is 0 Å². The first-order valence-electron chi connectivity index (χ1n) is 9.30. The summed E-state index contributed by atoms with van der Waals surface area (Å²) in [5.41, 5.74) is 2.98. The molecular formula is C22H25N3O.